The number of hydrogen-bond acceptors (Lipinski definition) is 4. The van der Waals surface area contributed by atoms with Crippen molar-refractivity contribution in [1.29, 1.82) is 0 Å². The van der Waals surface area contributed by atoms with Crippen LogP contribution in [0.1, 0.15) is 19.0 Å². The molecule has 0 aliphatic carbocycles. The van der Waals surface area contributed by atoms with Crippen molar-refractivity contribution < 1.29 is 4.74 Å². The largest absolute Gasteiger partial charge is 0.437 e. The number of nitrogens with zero attached hydrogens (tertiary/aromatic N) is 2. The number of rotatable bonds is 6. The Bertz CT molecular complexity index is 534. The first kappa shape index (κ1) is 14.2. The maximum atomic E-state index is 5.70. The second kappa shape index (κ2) is 7.40. The Kier molecular flexibility index (Phi) is 5.53. The fraction of sp³-hybridized carbons (Fsp3) is 0.286. The Labute approximate surface area is 126 Å². The summed E-state index contributed by atoms with van der Waals surface area (Å²) in [4.78, 5) is 8.57. The van der Waals surface area contributed by atoms with E-state index in [4.69, 9.17) is 4.74 Å². The van der Waals surface area contributed by atoms with Crippen LogP contribution < -0.4 is 10.1 Å². The monoisotopic (exact) mass is 369 g/mol. The molecule has 0 bridgehead atoms. The zero-order valence-corrected chi connectivity index (χ0v) is 12.9. The van der Waals surface area contributed by atoms with Crippen LogP contribution in [0.5, 0.6) is 11.6 Å². The number of benzene rings is 1. The molecule has 0 amide bonds. The lowest BCUT2D eigenvalue weighted by molar-refractivity contribution is 0.456. The second-order valence-electron chi connectivity index (χ2n) is 4.08. The summed E-state index contributed by atoms with van der Waals surface area (Å²) in [5.74, 6) is 1.30. The third kappa shape index (κ3) is 4.76. The van der Waals surface area contributed by atoms with Crippen LogP contribution in [0.15, 0.2) is 36.7 Å². The average Bonchev–Trinajstić information content (AvgIpc) is 2.39. The minimum absolute atomic E-state index is 0.526. The highest BCUT2D eigenvalue weighted by Gasteiger charge is 2.02. The Hall–Kier alpha value is -1.21. The first-order chi connectivity index (χ1) is 9.28. The minimum atomic E-state index is 0.526. The molecular formula is C14H16IN3O. The van der Waals surface area contributed by atoms with Gasteiger partial charge in [-0.3, -0.25) is 4.98 Å². The molecular weight excluding hydrogens is 353 g/mol. The van der Waals surface area contributed by atoms with Crippen molar-refractivity contribution in [1.82, 2.24) is 15.3 Å². The summed E-state index contributed by atoms with van der Waals surface area (Å²) in [7, 11) is 0. The van der Waals surface area contributed by atoms with E-state index >= 15 is 0 Å². The second-order valence-corrected chi connectivity index (χ2v) is 5.33. The highest BCUT2D eigenvalue weighted by Crippen LogP contribution is 2.20. The SMILES string of the molecule is CCCNCc1cncc(Oc2cccc(I)c2)n1. The van der Waals surface area contributed by atoms with E-state index in [1.54, 1.807) is 12.4 Å². The molecule has 2 aromatic rings. The van der Waals surface area contributed by atoms with Gasteiger partial charge in [-0.2, -0.15) is 0 Å². The van der Waals surface area contributed by atoms with Crippen LogP contribution >= 0.6 is 22.6 Å². The van der Waals surface area contributed by atoms with Crippen molar-refractivity contribution in [3.63, 3.8) is 0 Å². The molecule has 0 spiro atoms. The molecule has 1 aromatic carbocycles. The van der Waals surface area contributed by atoms with Gasteiger partial charge in [0.25, 0.3) is 0 Å². The third-order valence-electron chi connectivity index (χ3n) is 2.41. The highest BCUT2D eigenvalue weighted by molar-refractivity contribution is 14.1. The zero-order valence-electron chi connectivity index (χ0n) is 10.8. The molecule has 0 saturated carbocycles. The van der Waals surface area contributed by atoms with E-state index in [1.165, 1.54) is 0 Å². The van der Waals surface area contributed by atoms with Crippen LogP contribution in [-0.4, -0.2) is 16.5 Å². The van der Waals surface area contributed by atoms with Gasteiger partial charge in [-0.1, -0.05) is 13.0 Å². The predicted molar refractivity (Wildman–Crippen MR) is 83.3 cm³/mol. The quantitative estimate of drug-likeness (QED) is 0.627. The van der Waals surface area contributed by atoms with Crippen LogP contribution in [-0.2, 0) is 6.54 Å². The molecule has 1 heterocycles. The molecule has 0 aliphatic rings. The van der Waals surface area contributed by atoms with Crippen molar-refractivity contribution in [3.05, 3.63) is 45.9 Å². The van der Waals surface area contributed by atoms with Crippen LogP contribution in [0.25, 0.3) is 0 Å². The minimum Gasteiger partial charge on any atom is -0.437 e. The van der Waals surface area contributed by atoms with Gasteiger partial charge in [-0.15, -0.1) is 0 Å². The smallest absolute Gasteiger partial charge is 0.238 e. The third-order valence-corrected chi connectivity index (χ3v) is 3.08. The molecule has 2 rings (SSSR count). The molecule has 1 N–H and O–H groups in total. The van der Waals surface area contributed by atoms with E-state index in [0.29, 0.717) is 12.4 Å². The molecule has 0 saturated heterocycles. The molecule has 0 radical (unpaired) electrons. The van der Waals surface area contributed by atoms with E-state index in [2.05, 4.69) is 44.8 Å². The molecule has 5 heteroatoms. The normalized spacial score (nSPS) is 10.4. The van der Waals surface area contributed by atoms with E-state index in [1.807, 2.05) is 24.3 Å². The maximum absolute atomic E-state index is 5.70. The summed E-state index contributed by atoms with van der Waals surface area (Å²) in [5.41, 5.74) is 0.886. The summed E-state index contributed by atoms with van der Waals surface area (Å²) in [6.45, 7) is 3.82. The van der Waals surface area contributed by atoms with Crippen LogP contribution in [0.3, 0.4) is 0 Å². The van der Waals surface area contributed by atoms with Gasteiger partial charge in [0.15, 0.2) is 0 Å². The maximum Gasteiger partial charge on any atom is 0.238 e. The van der Waals surface area contributed by atoms with Gasteiger partial charge in [0.2, 0.25) is 5.88 Å². The lowest BCUT2D eigenvalue weighted by Gasteiger charge is -2.07. The summed E-state index contributed by atoms with van der Waals surface area (Å²) < 4.78 is 6.83. The number of ether oxygens (including phenoxy) is 1. The van der Waals surface area contributed by atoms with E-state index in [-0.39, 0.29) is 0 Å². The summed E-state index contributed by atoms with van der Waals surface area (Å²) in [6, 6.07) is 7.84. The van der Waals surface area contributed by atoms with Gasteiger partial charge >= 0.3 is 0 Å². The first-order valence-electron chi connectivity index (χ1n) is 6.23. The number of aromatic nitrogens is 2. The van der Waals surface area contributed by atoms with Crippen LogP contribution in [0.2, 0.25) is 0 Å². The number of halogens is 1. The Balaban J connectivity index is 2.02. The molecule has 100 valence electrons. The molecule has 4 nitrogen and oxygen atoms in total. The zero-order chi connectivity index (χ0) is 13.5. The fourth-order valence-corrected chi connectivity index (χ4v) is 2.08. The molecule has 0 aliphatic heterocycles. The van der Waals surface area contributed by atoms with E-state index < -0.39 is 0 Å². The van der Waals surface area contributed by atoms with Gasteiger partial charge in [0.1, 0.15) is 5.75 Å². The van der Waals surface area contributed by atoms with Crippen molar-refractivity contribution >= 4 is 22.6 Å². The van der Waals surface area contributed by atoms with E-state index in [0.717, 1.165) is 28.0 Å². The van der Waals surface area contributed by atoms with Gasteiger partial charge in [0.05, 0.1) is 11.9 Å². The summed E-state index contributed by atoms with van der Waals surface area (Å²) >= 11 is 2.25. The average molecular weight is 369 g/mol. The van der Waals surface area contributed by atoms with Gasteiger partial charge in [-0.25, -0.2) is 4.98 Å². The van der Waals surface area contributed by atoms with Gasteiger partial charge < -0.3 is 10.1 Å². The van der Waals surface area contributed by atoms with Crippen molar-refractivity contribution in [2.45, 2.75) is 19.9 Å². The molecule has 0 atom stereocenters. The standard InChI is InChI=1S/C14H16IN3O/c1-2-6-16-8-12-9-17-10-14(18-12)19-13-5-3-4-11(15)7-13/h3-5,7,9-10,16H,2,6,8H2,1H3. The molecule has 0 unspecified atom stereocenters. The lowest BCUT2D eigenvalue weighted by Crippen LogP contribution is -2.15. The predicted octanol–water partition coefficient (Wildman–Crippen LogP) is 3.37. The number of nitrogens with one attached hydrogen (secondary N) is 1. The van der Waals surface area contributed by atoms with Crippen molar-refractivity contribution in [2.75, 3.05) is 6.54 Å². The van der Waals surface area contributed by atoms with Gasteiger partial charge in [-0.05, 0) is 53.8 Å². The summed E-state index contributed by atoms with van der Waals surface area (Å²) in [5, 5.41) is 3.29. The van der Waals surface area contributed by atoms with Crippen LogP contribution in [0.4, 0.5) is 0 Å². The number of hydrogen-bond donors (Lipinski definition) is 1. The van der Waals surface area contributed by atoms with Crippen molar-refractivity contribution in [2.24, 2.45) is 0 Å². The molecule has 0 fully saturated rings. The van der Waals surface area contributed by atoms with Crippen LogP contribution in [0, 0.1) is 3.57 Å². The topological polar surface area (TPSA) is 47.0 Å². The Morgan fingerprint density at radius 3 is 3.00 bits per heavy atom. The first-order valence-corrected chi connectivity index (χ1v) is 7.31. The lowest BCUT2D eigenvalue weighted by atomic mass is 10.3. The molecule has 19 heavy (non-hydrogen) atoms. The fourth-order valence-electron chi connectivity index (χ4n) is 1.57. The highest BCUT2D eigenvalue weighted by atomic mass is 127. The summed E-state index contributed by atoms with van der Waals surface area (Å²) in [6.07, 6.45) is 4.49. The Morgan fingerprint density at radius 2 is 2.21 bits per heavy atom. The Morgan fingerprint density at radius 1 is 1.32 bits per heavy atom. The van der Waals surface area contributed by atoms with E-state index in [9.17, 15) is 0 Å². The van der Waals surface area contributed by atoms with Crippen molar-refractivity contribution in [3.8, 4) is 11.6 Å². The van der Waals surface area contributed by atoms with Gasteiger partial charge in [0, 0.05) is 16.3 Å². The molecule has 1 aromatic heterocycles.